The summed E-state index contributed by atoms with van der Waals surface area (Å²) in [5.74, 6) is 5.01. The first-order chi connectivity index (χ1) is 7.69. The molecular weight excluding hydrogens is 204 g/mol. The van der Waals surface area contributed by atoms with Gasteiger partial charge in [-0.05, 0) is 25.5 Å². The van der Waals surface area contributed by atoms with Crippen LogP contribution in [-0.4, -0.2) is 11.7 Å². The predicted molar refractivity (Wildman–Crippen MR) is 63.2 cm³/mol. The maximum absolute atomic E-state index is 11.8. The number of hydrazone groups is 1. The average molecular weight is 220 g/mol. The largest absolute Gasteiger partial charge is 0.426 e. The maximum atomic E-state index is 11.8. The normalized spacial score (nSPS) is 13.2. The van der Waals surface area contributed by atoms with Gasteiger partial charge in [-0.15, -0.1) is 0 Å². The van der Waals surface area contributed by atoms with Crippen LogP contribution in [0.2, 0.25) is 0 Å². The quantitative estimate of drug-likeness (QED) is 0.277. The molecule has 0 radical (unpaired) electrons. The molecule has 1 aromatic carbocycles. The molecule has 0 saturated carbocycles. The van der Waals surface area contributed by atoms with Crippen molar-refractivity contribution in [3.8, 4) is 5.75 Å². The van der Waals surface area contributed by atoms with E-state index >= 15 is 0 Å². The molecule has 16 heavy (non-hydrogen) atoms. The van der Waals surface area contributed by atoms with Crippen molar-refractivity contribution in [2.24, 2.45) is 16.9 Å². The molecule has 4 nitrogen and oxygen atoms in total. The number of rotatable bonds is 4. The number of ether oxygens (including phenoxy) is 1. The van der Waals surface area contributed by atoms with Gasteiger partial charge in [0.1, 0.15) is 5.75 Å². The fourth-order valence-corrected chi connectivity index (χ4v) is 1.40. The number of carbonyl (C=O) groups excluding carboxylic acids is 1. The molecule has 0 aliphatic rings. The number of esters is 1. The number of benzene rings is 1. The first-order valence-electron chi connectivity index (χ1n) is 5.20. The van der Waals surface area contributed by atoms with E-state index in [1.165, 1.54) is 0 Å². The first kappa shape index (κ1) is 12.2. The molecular formula is C12H16N2O2. The third-order valence-corrected chi connectivity index (χ3v) is 2.36. The summed E-state index contributed by atoms with van der Waals surface area (Å²) in [6.45, 7) is 3.62. The lowest BCUT2D eigenvalue weighted by Gasteiger charge is -2.12. The minimum atomic E-state index is -0.370. The molecule has 0 aromatic heterocycles. The zero-order valence-electron chi connectivity index (χ0n) is 9.51. The van der Waals surface area contributed by atoms with Crippen molar-refractivity contribution < 1.29 is 9.53 Å². The van der Waals surface area contributed by atoms with Crippen LogP contribution < -0.4 is 10.6 Å². The monoisotopic (exact) mass is 220 g/mol. The molecule has 0 aliphatic heterocycles. The molecule has 1 atom stereocenters. The number of nitrogens with zero attached hydrogens (tertiary/aromatic N) is 1. The van der Waals surface area contributed by atoms with Crippen molar-refractivity contribution in [2.45, 2.75) is 20.3 Å². The molecule has 1 aromatic rings. The van der Waals surface area contributed by atoms with Crippen LogP contribution in [0.1, 0.15) is 20.3 Å². The standard InChI is InChI=1S/C12H16N2O2/c1-3-11(9(2)14-13)12(15)16-10-7-5-4-6-8-10/h4-8,11H,3,13H2,1-2H3. The highest BCUT2D eigenvalue weighted by Gasteiger charge is 2.21. The Balaban J connectivity index is 2.71. The molecule has 0 spiro atoms. The molecule has 0 heterocycles. The molecule has 0 aliphatic carbocycles. The van der Waals surface area contributed by atoms with Crippen LogP contribution in [-0.2, 0) is 4.79 Å². The van der Waals surface area contributed by atoms with E-state index in [-0.39, 0.29) is 11.9 Å². The molecule has 0 amide bonds. The number of hydrogen-bond acceptors (Lipinski definition) is 4. The fraction of sp³-hybridized carbons (Fsp3) is 0.333. The van der Waals surface area contributed by atoms with Crippen LogP contribution in [0, 0.1) is 5.92 Å². The summed E-state index contributed by atoms with van der Waals surface area (Å²) in [6, 6.07) is 8.96. The van der Waals surface area contributed by atoms with Crippen molar-refractivity contribution >= 4 is 11.7 Å². The van der Waals surface area contributed by atoms with E-state index in [4.69, 9.17) is 10.6 Å². The van der Waals surface area contributed by atoms with Gasteiger partial charge in [-0.2, -0.15) is 5.10 Å². The molecule has 86 valence electrons. The third-order valence-electron chi connectivity index (χ3n) is 2.36. The van der Waals surface area contributed by atoms with Gasteiger partial charge in [-0.1, -0.05) is 25.1 Å². The summed E-state index contributed by atoms with van der Waals surface area (Å²) in [4.78, 5) is 11.8. The summed E-state index contributed by atoms with van der Waals surface area (Å²) >= 11 is 0. The van der Waals surface area contributed by atoms with Crippen LogP contribution in [0.5, 0.6) is 5.75 Å². The Morgan fingerprint density at radius 1 is 1.44 bits per heavy atom. The van der Waals surface area contributed by atoms with Gasteiger partial charge in [0.05, 0.1) is 5.92 Å². The topological polar surface area (TPSA) is 64.7 Å². The van der Waals surface area contributed by atoms with E-state index in [9.17, 15) is 4.79 Å². The van der Waals surface area contributed by atoms with Crippen molar-refractivity contribution in [1.29, 1.82) is 0 Å². The first-order valence-corrected chi connectivity index (χ1v) is 5.20. The third kappa shape index (κ3) is 3.08. The van der Waals surface area contributed by atoms with E-state index in [0.29, 0.717) is 17.9 Å². The van der Waals surface area contributed by atoms with Gasteiger partial charge in [0.2, 0.25) is 0 Å². The molecule has 1 rings (SSSR count). The Labute approximate surface area is 95.1 Å². The average Bonchev–Trinajstić information content (AvgIpc) is 2.31. The molecule has 0 saturated heterocycles. The Morgan fingerprint density at radius 3 is 2.56 bits per heavy atom. The smallest absolute Gasteiger partial charge is 0.320 e. The van der Waals surface area contributed by atoms with Gasteiger partial charge >= 0.3 is 5.97 Å². The number of para-hydroxylation sites is 1. The summed E-state index contributed by atoms with van der Waals surface area (Å²) in [7, 11) is 0. The van der Waals surface area contributed by atoms with E-state index in [2.05, 4.69) is 5.10 Å². The molecule has 0 bridgehead atoms. The number of nitrogens with two attached hydrogens (primary N) is 1. The highest BCUT2D eigenvalue weighted by atomic mass is 16.5. The summed E-state index contributed by atoms with van der Waals surface area (Å²) < 4.78 is 5.22. The zero-order valence-corrected chi connectivity index (χ0v) is 9.51. The van der Waals surface area contributed by atoms with Crippen molar-refractivity contribution in [1.82, 2.24) is 0 Å². The van der Waals surface area contributed by atoms with Crippen LogP contribution in [0.15, 0.2) is 35.4 Å². The summed E-state index contributed by atoms with van der Waals surface area (Å²) in [5.41, 5.74) is 0.587. The Morgan fingerprint density at radius 2 is 2.06 bits per heavy atom. The van der Waals surface area contributed by atoms with Crippen molar-refractivity contribution in [3.05, 3.63) is 30.3 Å². The van der Waals surface area contributed by atoms with Gasteiger partial charge in [-0.3, -0.25) is 4.79 Å². The minimum absolute atomic E-state index is 0.319. The zero-order chi connectivity index (χ0) is 12.0. The van der Waals surface area contributed by atoms with Gasteiger partial charge in [0, 0.05) is 5.71 Å². The van der Waals surface area contributed by atoms with Gasteiger partial charge in [0.15, 0.2) is 0 Å². The van der Waals surface area contributed by atoms with Crippen LogP contribution in [0.3, 0.4) is 0 Å². The second-order valence-corrected chi connectivity index (χ2v) is 3.47. The van der Waals surface area contributed by atoms with Gasteiger partial charge in [0.25, 0.3) is 0 Å². The van der Waals surface area contributed by atoms with Crippen LogP contribution in [0.25, 0.3) is 0 Å². The highest BCUT2D eigenvalue weighted by Crippen LogP contribution is 2.14. The lowest BCUT2D eigenvalue weighted by atomic mass is 10.0. The fourth-order valence-electron chi connectivity index (χ4n) is 1.40. The molecule has 1 unspecified atom stereocenters. The SMILES string of the molecule is CCC(C(=O)Oc1ccccc1)C(C)=NN. The second kappa shape index (κ2) is 5.90. The predicted octanol–water partition coefficient (Wildman–Crippen LogP) is 1.95. The Hall–Kier alpha value is -1.84. The van der Waals surface area contributed by atoms with E-state index < -0.39 is 0 Å². The van der Waals surface area contributed by atoms with Crippen LogP contribution >= 0.6 is 0 Å². The van der Waals surface area contributed by atoms with E-state index in [1.54, 1.807) is 19.1 Å². The van der Waals surface area contributed by atoms with Gasteiger partial charge < -0.3 is 10.6 Å². The van der Waals surface area contributed by atoms with E-state index in [0.717, 1.165) is 0 Å². The minimum Gasteiger partial charge on any atom is -0.426 e. The molecule has 0 fully saturated rings. The number of carbonyl (C=O) groups is 1. The highest BCUT2D eigenvalue weighted by molar-refractivity contribution is 6.01. The lowest BCUT2D eigenvalue weighted by Crippen LogP contribution is -2.26. The second-order valence-electron chi connectivity index (χ2n) is 3.47. The van der Waals surface area contributed by atoms with E-state index in [1.807, 2.05) is 25.1 Å². The molecule has 2 N–H and O–H groups in total. The van der Waals surface area contributed by atoms with Crippen molar-refractivity contribution in [3.63, 3.8) is 0 Å². The molecule has 4 heteroatoms. The summed E-state index contributed by atoms with van der Waals surface area (Å²) in [6.07, 6.45) is 0.623. The van der Waals surface area contributed by atoms with Crippen molar-refractivity contribution in [2.75, 3.05) is 0 Å². The van der Waals surface area contributed by atoms with Gasteiger partial charge in [-0.25, -0.2) is 0 Å². The number of hydrogen-bond donors (Lipinski definition) is 1. The lowest BCUT2D eigenvalue weighted by molar-refractivity contribution is -0.136. The summed E-state index contributed by atoms with van der Waals surface area (Å²) in [5, 5.41) is 3.54. The maximum Gasteiger partial charge on any atom is 0.320 e. The Bertz CT molecular complexity index is 374. The van der Waals surface area contributed by atoms with Crippen LogP contribution in [0.4, 0.5) is 0 Å². The Kier molecular flexibility index (Phi) is 4.51.